The molecule has 0 spiro atoms. The zero-order valence-corrected chi connectivity index (χ0v) is 8.90. The molecular weight excluding hydrogens is 192 g/mol. The lowest BCUT2D eigenvalue weighted by Crippen LogP contribution is -2.37. The van der Waals surface area contributed by atoms with Crippen molar-refractivity contribution in [3.63, 3.8) is 0 Å². The third-order valence-corrected chi connectivity index (χ3v) is 2.93. The van der Waals surface area contributed by atoms with Gasteiger partial charge in [-0.1, -0.05) is 24.9 Å². The first-order valence-electron chi connectivity index (χ1n) is 5.47. The molecule has 4 nitrogen and oxygen atoms in total. The van der Waals surface area contributed by atoms with Crippen LogP contribution in [-0.2, 0) is 0 Å². The average Bonchev–Trinajstić information content (AvgIpc) is 2.70. The number of aromatic nitrogens is 1. The second kappa shape index (κ2) is 4.47. The van der Waals surface area contributed by atoms with Gasteiger partial charge >= 0.3 is 0 Å². The molecule has 1 unspecified atom stereocenters. The van der Waals surface area contributed by atoms with Gasteiger partial charge in [0.15, 0.2) is 0 Å². The zero-order valence-electron chi connectivity index (χ0n) is 8.90. The Hall–Kier alpha value is -1.32. The van der Waals surface area contributed by atoms with Crippen LogP contribution < -0.4 is 5.32 Å². The van der Waals surface area contributed by atoms with E-state index < -0.39 is 0 Å². The number of carbonyl (C=O) groups excluding carboxylic acids is 1. The molecule has 0 bridgehead atoms. The fourth-order valence-corrected chi connectivity index (χ4v) is 2.15. The molecule has 1 aromatic rings. The first-order chi connectivity index (χ1) is 7.25. The minimum Gasteiger partial charge on any atom is -0.351 e. The van der Waals surface area contributed by atoms with Crippen LogP contribution in [0.1, 0.15) is 43.2 Å². The Kier molecular flexibility index (Phi) is 3.04. The first-order valence-corrected chi connectivity index (χ1v) is 5.47. The quantitative estimate of drug-likeness (QED) is 0.808. The first kappa shape index (κ1) is 10.2. The van der Waals surface area contributed by atoms with Gasteiger partial charge in [0.1, 0.15) is 0 Å². The fourth-order valence-electron chi connectivity index (χ4n) is 2.15. The highest BCUT2D eigenvalue weighted by Crippen LogP contribution is 2.23. The van der Waals surface area contributed by atoms with Crippen LogP contribution in [0.3, 0.4) is 0 Å². The Bertz CT molecular complexity index is 321. The van der Waals surface area contributed by atoms with E-state index in [0.717, 1.165) is 12.8 Å². The molecule has 82 valence electrons. The number of carbonyl (C=O) groups is 1. The van der Waals surface area contributed by atoms with Gasteiger partial charge in [-0.05, 0) is 18.8 Å². The lowest BCUT2D eigenvalue weighted by atomic mass is 9.87. The summed E-state index contributed by atoms with van der Waals surface area (Å²) in [4.78, 5) is 11.6. The average molecular weight is 208 g/mol. The summed E-state index contributed by atoms with van der Waals surface area (Å²) < 4.78 is 4.80. The van der Waals surface area contributed by atoms with Crippen LogP contribution in [0.4, 0.5) is 0 Å². The molecule has 1 aromatic heterocycles. The number of nitrogens with one attached hydrogen (secondary N) is 1. The topological polar surface area (TPSA) is 55.1 Å². The van der Waals surface area contributed by atoms with Crippen molar-refractivity contribution < 1.29 is 9.32 Å². The number of rotatable bonds is 2. The van der Waals surface area contributed by atoms with E-state index >= 15 is 0 Å². The van der Waals surface area contributed by atoms with Crippen LogP contribution in [0.15, 0.2) is 16.8 Å². The molecule has 2 atom stereocenters. The van der Waals surface area contributed by atoms with Gasteiger partial charge in [0, 0.05) is 12.1 Å². The van der Waals surface area contributed by atoms with Crippen LogP contribution in [-0.4, -0.2) is 17.1 Å². The largest absolute Gasteiger partial charge is 0.351 e. The highest BCUT2D eigenvalue weighted by molar-refractivity contribution is 5.91. The summed E-state index contributed by atoms with van der Waals surface area (Å²) in [5, 5.41) is 6.49. The van der Waals surface area contributed by atoms with E-state index in [-0.39, 0.29) is 5.91 Å². The maximum Gasteiger partial charge on any atom is 0.290 e. The number of amides is 1. The van der Waals surface area contributed by atoms with Gasteiger partial charge in [-0.3, -0.25) is 4.79 Å². The smallest absolute Gasteiger partial charge is 0.290 e. The number of nitrogens with zero attached hydrogens (tertiary/aromatic N) is 1. The van der Waals surface area contributed by atoms with Crippen LogP contribution in [0, 0.1) is 5.92 Å². The molecule has 1 aliphatic rings. The van der Waals surface area contributed by atoms with E-state index in [4.69, 9.17) is 4.52 Å². The Morgan fingerprint density at radius 2 is 2.47 bits per heavy atom. The second-order valence-corrected chi connectivity index (χ2v) is 4.32. The van der Waals surface area contributed by atoms with Crippen molar-refractivity contribution in [2.45, 2.75) is 38.6 Å². The Labute approximate surface area is 89.0 Å². The molecule has 1 N–H and O–H groups in total. The molecule has 0 radical (unpaired) electrons. The summed E-state index contributed by atoms with van der Waals surface area (Å²) in [7, 11) is 0. The third-order valence-electron chi connectivity index (χ3n) is 2.93. The monoisotopic (exact) mass is 208 g/mol. The molecule has 1 fully saturated rings. The predicted molar refractivity (Wildman–Crippen MR) is 55.4 cm³/mol. The van der Waals surface area contributed by atoms with Crippen molar-refractivity contribution >= 4 is 5.91 Å². The van der Waals surface area contributed by atoms with Crippen molar-refractivity contribution in [3.05, 3.63) is 18.0 Å². The Balaban J connectivity index is 1.89. The molecule has 4 heteroatoms. The molecule has 1 aliphatic carbocycles. The molecule has 0 saturated heterocycles. The van der Waals surface area contributed by atoms with E-state index in [1.807, 2.05) is 0 Å². The van der Waals surface area contributed by atoms with Crippen molar-refractivity contribution in [3.8, 4) is 0 Å². The van der Waals surface area contributed by atoms with Crippen molar-refractivity contribution in [1.29, 1.82) is 0 Å². The van der Waals surface area contributed by atoms with Crippen LogP contribution in [0.5, 0.6) is 0 Å². The fraction of sp³-hybridized carbons (Fsp3) is 0.636. The summed E-state index contributed by atoms with van der Waals surface area (Å²) in [6.45, 7) is 2.23. The summed E-state index contributed by atoms with van der Waals surface area (Å²) in [5.74, 6) is 0.860. The molecule has 15 heavy (non-hydrogen) atoms. The summed E-state index contributed by atoms with van der Waals surface area (Å²) >= 11 is 0. The van der Waals surface area contributed by atoms with Crippen molar-refractivity contribution in [2.75, 3.05) is 0 Å². The van der Waals surface area contributed by atoms with Gasteiger partial charge < -0.3 is 9.84 Å². The zero-order chi connectivity index (χ0) is 10.7. The van der Waals surface area contributed by atoms with E-state index in [9.17, 15) is 4.79 Å². The van der Waals surface area contributed by atoms with Gasteiger partial charge in [0.25, 0.3) is 5.91 Å². The third kappa shape index (κ3) is 2.58. The molecular formula is C11H16N2O2. The molecule has 0 aromatic carbocycles. The summed E-state index contributed by atoms with van der Waals surface area (Å²) in [6, 6.07) is 1.88. The van der Waals surface area contributed by atoms with Gasteiger partial charge in [0.2, 0.25) is 5.76 Å². The summed E-state index contributed by atoms with van der Waals surface area (Å²) in [5.41, 5.74) is 0. The van der Waals surface area contributed by atoms with E-state index in [1.54, 1.807) is 6.07 Å². The van der Waals surface area contributed by atoms with Gasteiger partial charge in [-0.25, -0.2) is 0 Å². The number of hydrogen-bond acceptors (Lipinski definition) is 3. The second-order valence-electron chi connectivity index (χ2n) is 4.32. The molecule has 1 heterocycles. The Morgan fingerprint density at radius 1 is 1.60 bits per heavy atom. The van der Waals surface area contributed by atoms with Gasteiger partial charge in [-0.2, -0.15) is 0 Å². The molecule has 2 rings (SSSR count). The van der Waals surface area contributed by atoms with E-state index in [2.05, 4.69) is 17.4 Å². The number of hydrogen-bond donors (Lipinski definition) is 1. The van der Waals surface area contributed by atoms with Gasteiger partial charge in [-0.15, -0.1) is 0 Å². The van der Waals surface area contributed by atoms with Crippen LogP contribution >= 0.6 is 0 Å². The van der Waals surface area contributed by atoms with E-state index in [0.29, 0.717) is 17.7 Å². The standard InChI is InChI=1S/C11H16N2O2/c1-8-3-2-4-9(7-8)13-11(14)10-5-6-12-15-10/h5-6,8-9H,2-4,7H2,1H3,(H,13,14)/t8?,9-/m1/s1. The minimum atomic E-state index is -0.147. The van der Waals surface area contributed by atoms with Gasteiger partial charge in [0.05, 0.1) is 6.20 Å². The molecule has 0 aliphatic heterocycles. The highest BCUT2D eigenvalue weighted by atomic mass is 16.5. The Morgan fingerprint density at radius 3 is 3.13 bits per heavy atom. The lowest BCUT2D eigenvalue weighted by Gasteiger charge is -2.26. The lowest BCUT2D eigenvalue weighted by molar-refractivity contribution is 0.0884. The predicted octanol–water partition coefficient (Wildman–Crippen LogP) is 1.98. The minimum absolute atomic E-state index is 0.147. The highest BCUT2D eigenvalue weighted by Gasteiger charge is 2.21. The van der Waals surface area contributed by atoms with Crippen LogP contribution in [0.2, 0.25) is 0 Å². The summed E-state index contributed by atoms with van der Waals surface area (Å²) in [6.07, 6.45) is 6.10. The molecule has 1 saturated carbocycles. The maximum absolute atomic E-state index is 11.6. The van der Waals surface area contributed by atoms with Crippen molar-refractivity contribution in [2.24, 2.45) is 5.92 Å². The molecule has 1 amide bonds. The normalized spacial score (nSPS) is 26.2. The van der Waals surface area contributed by atoms with Crippen LogP contribution in [0.25, 0.3) is 0 Å². The maximum atomic E-state index is 11.6. The van der Waals surface area contributed by atoms with E-state index in [1.165, 1.54) is 19.0 Å². The SMILES string of the molecule is CC1CCC[C@@H](NC(=O)c2ccno2)C1. The van der Waals surface area contributed by atoms with Crippen molar-refractivity contribution in [1.82, 2.24) is 10.5 Å².